The third kappa shape index (κ3) is 5.20. The zero-order valence-corrected chi connectivity index (χ0v) is 15.5. The van der Waals surface area contributed by atoms with Gasteiger partial charge in [0.2, 0.25) is 11.2 Å². The van der Waals surface area contributed by atoms with Crippen LogP contribution in [0.25, 0.3) is 0 Å². The fourth-order valence-electron chi connectivity index (χ4n) is 2.42. The first-order chi connectivity index (χ1) is 11.4. The second-order valence-electron chi connectivity index (χ2n) is 6.26. The van der Waals surface area contributed by atoms with Gasteiger partial charge in [-0.05, 0) is 13.8 Å². The zero-order valence-electron chi connectivity index (χ0n) is 14.7. The van der Waals surface area contributed by atoms with Gasteiger partial charge in [0, 0.05) is 37.7 Å². The van der Waals surface area contributed by atoms with Crippen molar-refractivity contribution in [2.75, 3.05) is 42.3 Å². The first kappa shape index (κ1) is 18.7. The lowest BCUT2D eigenvalue weighted by molar-refractivity contribution is -0.759. The molecule has 1 saturated heterocycles. The van der Waals surface area contributed by atoms with Gasteiger partial charge in [0.15, 0.2) is 5.12 Å². The minimum absolute atomic E-state index is 0.00713. The molecule has 1 aromatic heterocycles. The minimum atomic E-state index is -0.285. The third-order valence-electron chi connectivity index (χ3n) is 4.00. The Morgan fingerprint density at radius 1 is 1.33 bits per heavy atom. The molecule has 2 heterocycles. The molecule has 0 unspecified atom stereocenters. The summed E-state index contributed by atoms with van der Waals surface area (Å²) in [6, 6.07) is 0.540. The first-order valence-electron chi connectivity index (χ1n) is 8.19. The van der Waals surface area contributed by atoms with E-state index in [-0.39, 0.29) is 16.9 Å². The highest BCUT2D eigenvalue weighted by molar-refractivity contribution is 8.13. The molecule has 1 fully saturated rings. The van der Waals surface area contributed by atoms with E-state index in [9.17, 15) is 9.59 Å². The van der Waals surface area contributed by atoms with Crippen LogP contribution in [-0.2, 0) is 9.59 Å². The highest BCUT2D eigenvalue weighted by Gasteiger charge is 2.27. The standard InChI is InChI=1S/C15H25N5O3S/c1-11(2)18-5-7-19(8-6-18)20-9-14(23-17-20)16-15(22)12(3)10-24-13(4)21/h9,11-12H,5-8,10H2,1-4H3/p+1/t12-/m1/s1. The number of nitrogens with one attached hydrogen (secondary N) is 1. The fourth-order valence-corrected chi connectivity index (χ4v) is 3.06. The SMILES string of the molecule is CC(=O)SC[C@@H](C)C(=O)Nc1c[n+](N2CCN(C(C)C)CC2)no1. The lowest BCUT2D eigenvalue weighted by Gasteiger charge is -2.32. The Hall–Kier alpha value is -1.61. The van der Waals surface area contributed by atoms with Gasteiger partial charge in [-0.15, -0.1) is 0 Å². The Morgan fingerprint density at radius 2 is 2.00 bits per heavy atom. The molecule has 0 bridgehead atoms. The van der Waals surface area contributed by atoms with Crippen molar-refractivity contribution in [3.63, 3.8) is 0 Å². The highest BCUT2D eigenvalue weighted by atomic mass is 32.2. The summed E-state index contributed by atoms with van der Waals surface area (Å²) in [5.41, 5.74) is 0. The van der Waals surface area contributed by atoms with Crippen molar-refractivity contribution in [3.05, 3.63) is 6.20 Å². The van der Waals surface area contributed by atoms with Crippen molar-refractivity contribution < 1.29 is 18.9 Å². The average Bonchev–Trinajstić information content (AvgIpc) is 3.01. The van der Waals surface area contributed by atoms with E-state index in [0.717, 1.165) is 37.9 Å². The summed E-state index contributed by atoms with van der Waals surface area (Å²) in [6.45, 7) is 11.3. The number of amides is 1. The van der Waals surface area contributed by atoms with E-state index in [4.69, 9.17) is 4.52 Å². The van der Waals surface area contributed by atoms with Crippen LogP contribution in [0.4, 0.5) is 5.88 Å². The van der Waals surface area contributed by atoms with E-state index >= 15 is 0 Å². The Bertz CT molecular complexity index is 569. The largest absolute Gasteiger partial charge is 0.305 e. The van der Waals surface area contributed by atoms with Crippen LogP contribution in [-0.4, -0.2) is 59.2 Å². The van der Waals surface area contributed by atoms with Gasteiger partial charge in [-0.3, -0.25) is 24.3 Å². The Kier molecular flexibility index (Phi) is 6.61. The number of hydrogen-bond acceptors (Lipinski definition) is 7. The van der Waals surface area contributed by atoms with Crippen molar-refractivity contribution in [2.24, 2.45) is 5.92 Å². The number of carbonyl (C=O) groups is 2. The molecule has 0 aromatic carbocycles. The molecular weight excluding hydrogens is 330 g/mol. The van der Waals surface area contributed by atoms with Gasteiger partial charge < -0.3 is 0 Å². The van der Waals surface area contributed by atoms with E-state index < -0.39 is 0 Å². The van der Waals surface area contributed by atoms with Crippen molar-refractivity contribution >= 4 is 28.7 Å². The summed E-state index contributed by atoms with van der Waals surface area (Å²) in [4.78, 5) is 27.1. The van der Waals surface area contributed by atoms with E-state index in [1.807, 2.05) is 0 Å². The number of rotatable bonds is 6. The van der Waals surface area contributed by atoms with Crippen LogP contribution in [0.2, 0.25) is 0 Å². The number of thioether (sulfide) groups is 1. The molecule has 0 aliphatic carbocycles. The van der Waals surface area contributed by atoms with Gasteiger partial charge in [-0.2, -0.15) is 5.01 Å². The Balaban J connectivity index is 1.85. The third-order valence-corrected chi connectivity index (χ3v) is 5.07. The normalized spacial score (nSPS) is 17.1. The second kappa shape index (κ2) is 8.48. The molecule has 9 heteroatoms. The lowest BCUT2D eigenvalue weighted by atomic mass is 10.2. The maximum Gasteiger partial charge on any atom is 0.305 e. The maximum atomic E-state index is 12.1. The van der Waals surface area contributed by atoms with Crippen LogP contribution >= 0.6 is 11.8 Å². The molecule has 0 saturated carbocycles. The molecule has 2 rings (SSSR count). The second-order valence-corrected chi connectivity index (χ2v) is 7.46. The van der Waals surface area contributed by atoms with Crippen LogP contribution in [0.5, 0.6) is 0 Å². The van der Waals surface area contributed by atoms with E-state index in [2.05, 4.69) is 34.3 Å². The van der Waals surface area contributed by atoms with Gasteiger partial charge in [0.05, 0.1) is 17.9 Å². The predicted molar refractivity (Wildman–Crippen MR) is 92.3 cm³/mol. The van der Waals surface area contributed by atoms with E-state index in [0.29, 0.717) is 17.7 Å². The number of carbonyl (C=O) groups excluding carboxylic acids is 2. The fraction of sp³-hybridized carbons (Fsp3) is 0.733. The first-order valence-corrected chi connectivity index (χ1v) is 9.17. The number of anilines is 1. The van der Waals surface area contributed by atoms with E-state index in [1.54, 1.807) is 17.9 Å². The van der Waals surface area contributed by atoms with Crippen molar-refractivity contribution in [1.82, 2.24) is 10.2 Å². The minimum Gasteiger partial charge on any atom is -0.297 e. The van der Waals surface area contributed by atoms with Gasteiger partial charge in [0.25, 0.3) is 6.20 Å². The molecule has 0 radical (unpaired) electrons. The highest BCUT2D eigenvalue weighted by Crippen LogP contribution is 2.12. The van der Waals surface area contributed by atoms with Crippen LogP contribution in [0, 0.1) is 5.92 Å². The lowest BCUT2D eigenvalue weighted by Crippen LogP contribution is -2.65. The zero-order chi connectivity index (χ0) is 17.7. The molecular formula is C15H26N5O3S+. The molecule has 1 aromatic rings. The monoisotopic (exact) mass is 356 g/mol. The summed E-state index contributed by atoms with van der Waals surface area (Å²) in [6.07, 6.45) is 1.67. The maximum absolute atomic E-state index is 12.1. The summed E-state index contributed by atoms with van der Waals surface area (Å²) in [5, 5.41) is 8.76. The van der Waals surface area contributed by atoms with Crippen LogP contribution in [0.15, 0.2) is 10.7 Å². The molecule has 1 aliphatic rings. The van der Waals surface area contributed by atoms with E-state index in [1.165, 1.54) is 6.92 Å². The van der Waals surface area contributed by atoms with Crippen molar-refractivity contribution in [1.29, 1.82) is 0 Å². The van der Waals surface area contributed by atoms with Gasteiger partial charge in [0.1, 0.15) is 0 Å². The van der Waals surface area contributed by atoms with Crippen LogP contribution in [0.3, 0.4) is 0 Å². The van der Waals surface area contributed by atoms with Gasteiger partial charge in [-0.1, -0.05) is 18.7 Å². The molecule has 134 valence electrons. The molecule has 1 aliphatic heterocycles. The summed E-state index contributed by atoms with van der Waals surface area (Å²) in [5.74, 6) is 0.293. The van der Waals surface area contributed by atoms with Gasteiger partial charge in [-0.25, -0.2) is 0 Å². The Morgan fingerprint density at radius 3 is 2.58 bits per heavy atom. The molecule has 24 heavy (non-hydrogen) atoms. The molecule has 1 atom stereocenters. The summed E-state index contributed by atoms with van der Waals surface area (Å²) in [7, 11) is 0. The quantitative estimate of drug-likeness (QED) is 0.742. The van der Waals surface area contributed by atoms with Crippen LogP contribution < -0.4 is 15.1 Å². The number of nitrogens with zero attached hydrogens (tertiary/aromatic N) is 4. The molecule has 8 nitrogen and oxygen atoms in total. The number of aromatic nitrogens is 2. The van der Waals surface area contributed by atoms with Crippen LogP contribution in [0.1, 0.15) is 27.7 Å². The topological polar surface area (TPSA) is 82.6 Å². The summed E-state index contributed by atoms with van der Waals surface area (Å²) >= 11 is 1.14. The van der Waals surface area contributed by atoms with Crippen molar-refractivity contribution in [3.8, 4) is 0 Å². The molecule has 1 N–H and O–H groups in total. The average molecular weight is 356 g/mol. The van der Waals surface area contributed by atoms with Crippen molar-refractivity contribution in [2.45, 2.75) is 33.7 Å². The summed E-state index contributed by atoms with van der Waals surface area (Å²) < 4.78 is 5.19. The molecule has 1 amide bonds. The number of piperazine rings is 1. The molecule has 0 spiro atoms. The Labute approximate surface area is 146 Å². The predicted octanol–water partition coefficient (Wildman–Crippen LogP) is 0.478. The smallest absolute Gasteiger partial charge is 0.297 e. The number of hydrogen-bond donors (Lipinski definition) is 1. The van der Waals surface area contributed by atoms with Gasteiger partial charge >= 0.3 is 5.88 Å².